The molecule has 0 amide bonds. The van der Waals surface area contributed by atoms with E-state index in [0.29, 0.717) is 11.9 Å². The van der Waals surface area contributed by atoms with Gasteiger partial charge in [-0.2, -0.15) is 0 Å². The number of rotatable bonds is 4. The molecule has 0 spiro atoms. The van der Waals surface area contributed by atoms with Crippen LogP contribution in [0, 0.1) is 5.41 Å². The smallest absolute Gasteiger partial charge is 0.337 e. The molecule has 0 aliphatic heterocycles. The van der Waals surface area contributed by atoms with Crippen LogP contribution >= 0.6 is 0 Å². The molecule has 108 valence electrons. The number of para-hydroxylation sites is 1. The summed E-state index contributed by atoms with van der Waals surface area (Å²) in [5.41, 5.74) is 1.43. The summed E-state index contributed by atoms with van der Waals surface area (Å²) in [6.07, 6.45) is 2.27. The maximum absolute atomic E-state index is 11.2. The Hall–Kier alpha value is -1.88. The number of aromatic carboxylic acids is 1. The zero-order chi connectivity index (χ0) is 14.9. The number of nitrogens with zero attached hydrogens (tertiary/aromatic N) is 2. The summed E-state index contributed by atoms with van der Waals surface area (Å²) >= 11 is 0. The second-order valence-electron chi connectivity index (χ2n) is 6.02. The van der Waals surface area contributed by atoms with Crippen molar-refractivity contribution >= 4 is 17.0 Å². The van der Waals surface area contributed by atoms with Crippen LogP contribution in [0.2, 0.25) is 0 Å². The summed E-state index contributed by atoms with van der Waals surface area (Å²) in [6, 6.07) is 5.20. The summed E-state index contributed by atoms with van der Waals surface area (Å²) < 4.78 is 1.97. The third-order valence-electron chi connectivity index (χ3n) is 3.57. The number of aliphatic hydroxyl groups is 1. The van der Waals surface area contributed by atoms with E-state index in [-0.39, 0.29) is 23.6 Å². The largest absolute Gasteiger partial charge is 0.478 e. The molecule has 1 heterocycles. The van der Waals surface area contributed by atoms with E-state index in [2.05, 4.69) is 25.8 Å². The first-order valence-electron chi connectivity index (χ1n) is 6.66. The molecule has 1 atom stereocenters. The van der Waals surface area contributed by atoms with Crippen molar-refractivity contribution in [2.75, 3.05) is 6.61 Å². The summed E-state index contributed by atoms with van der Waals surface area (Å²) in [4.78, 5) is 15.5. The van der Waals surface area contributed by atoms with Crippen molar-refractivity contribution in [1.82, 2.24) is 9.55 Å². The van der Waals surface area contributed by atoms with E-state index in [0.717, 1.165) is 5.52 Å². The molecule has 0 aliphatic carbocycles. The van der Waals surface area contributed by atoms with Crippen molar-refractivity contribution in [3.8, 4) is 0 Å². The lowest BCUT2D eigenvalue weighted by molar-refractivity contribution is 0.0699. The Labute approximate surface area is 117 Å². The third kappa shape index (κ3) is 2.54. The highest BCUT2D eigenvalue weighted by Gasteiger charge is 2.27. The van der Waals surface area contributed by atoms with Crippen molar-refractivity contribution in [2.24, 2.45) is 5.41 Å². The van der Waals surface area contributed by atoms with Gasteiger partial charge in [0, 0.05) is 12.6 Å². The zero-order valence-electron chi connectivity index (χ0n) is 12.0. The van der Waals surface area contributed by atoms with Crippen LogP contribution in [0.1, 0.15) is 43.6 Å². The topological polar surface area (TPSA) is 75.3 Å². The Morgan fingerprint density at radius 3 is 2.65 bits per heavy atom. The highest BCUT2D eigenvalue weighted by molar-refractivity contribution is 6.00. The predicted octanol–water partition coefficient (Wildman–Crippen LogP) is 2.70. The molecular formula is C15H20N2O3. The number of benzene rings is 1. The first-order chi connectivity index (χ1) is 9.36. The zero-order valence-corrected chi connectivity index (χ0v) is 12.0. The number of aliphatic hydroxyl groups excluding tert-OH is 1. The monoisotopic (exact) mass is 276 g/mol. The summed E-state index contributed by atoms with van der Waals surface area (Å²) in [5, 5.41) is 18.5. The first kappa shape index (κ1) is 14.5. The van der Waals surface area contributed by atoms with Crippen LogP contribution in [0.25, 0.3) is 11.0 Å². The predicted molar refractivity (Wildman–Crippen MR) is 76.9 cm³/mol. The van der Waals surface area contributed by atoms with Gasteiger partial charge in [0.15, 0.2) is 0 Å². The van der Waals surface area contributed by atoms with Gasteiger partial charge < -0.3 is 14.8 Å². The van der Waals surface area contributed by atoms with Gasteiger partial charge in [-0.25, -0.2) is 9.78 Å². The lowest BCUT2D eigenvalue weighted by Gasteiger charge is -2.32. The Morgan fingerprint density at radius 2 is 2.10 bits per heavy atom. The molecule has 2 aromatic rings. The van der Waals surface area contributed by atoms with Crippen molar-refractivity contribution in [3.63, 3.8) is 0 Å². The van der Waals surface area contributed by atoms with Gasteiger partial charge in [-0.1, -0.05) is 26.8 Å². The molecule has 0 aliphatic rings. The third-order valence-corrected chi connectivity index (χ3v) is 3.57. The fourth-order valence-corrected chi connectivity index (χ4v) is 2.59. The van der Waals surface area contributed by atoms with Gasteiger partial charge in [0.2, 0.25) is 0 Å². The maximum Gasteiger partial charge on any atom is 0.337 e. The van der Waals surface area contributed by atoms with Crippen molar-refractivity contribution in [1.29, 1.82) is 0 Å². The summed E-state index contributed by atoms with van der Waals surface area (Å²) in [6.45, 7) is 6.38. The lowest BCUT2D eigenvalue weighted by atomic mass is 9.84. The average Bonchev–Trinajstić information content (AvgIpc) is 2.77. The number of fused-ring (bicyclic) bond motifs is 1. The van der Waals surface area contributed by atoms with E-state index >= 15 is 0 Å². The van der Waals surface area contributed by atoms with Crippen LogP contribution in [0.4, 0.5) is 0 Å². The molecule has 0 saturated heterocycles. The van der Waals surface area contributed by atoms with Gasteiger partial charge >= 0.3 is 5.97 Å². The van der Waals surface area contributed by atoms with E-state index in [1.807, 2.05) is 10.6 Å². The minimum atomic E-state index is -0.977. The molecular weight excluding hydrogens is 256 g/mol. The Morgan fingerprint density at radius 1 is 1.40 bits per heavy atom. The van der Waals surface area contributed by atoms with E-state index < -0.39 is 5.97 Å². The van der Waals surface area contributed by atoms with Crippen LogP contribution in [-0.2, 0) is 0 Å². The summed E-state index contributed by atoms with van der Waals surface area (Å²) in [5.74, 6) is -0.977. The van der Waals surface area contributed by atoms with Crippen LogP contribution < -0.4 is 0 Å². The number of imidazole rings is 1. The lowest BCUT2D eigenvalue weighted by Crippen LogP contribution is -2.25. The molecule has 1 aromatic heterocycles. The molecule has 2 N–H and O–H groups in total. The Balaban J connectivity index is 2.60. The van der Waals surface area contributed by atoms with E-state index in [1.165, 1.54) is 0 Å². The van der Waals surface area contributed by atoms with E-state index in [9.17, 15) is 15.0 Å². The molecule has 0 radical (unpaired) electrons. The van der Waals surface area contributed by atoms with Gasteiger partial charge in [0.25, 0.3) is 0 Å². The number of aromatic nitrogens is 2. The van der Waals surface area contributed by atoms with E-state index in [1.54, 1.807) is 18.5 Å². The second-order valence-corrected chi connectivity index (χ2v) is 6.02. The van der Waals surface area contributed by atoms with Gasteiger partial charge in [-0.3, -0.25) is 0 Å². The molecule has 2 rings (SSSR count). The fourth-order valence-electron chi connectivity index (χ4n) is 2.59. The fraction of sp³-hybridized carbons (Fsp3) is 0.467. The molecule has 0 fully saturated rings. The van der Waals surface area contributed by atoms with Crippen LogP contribution in [0.5, 0.6) is 0 Å². The van der Waals surface area contributed by atoms with Gasteiger partial charge in [-0.15, -0.1) is 0 Å². The SMILES string of the molecule is CC(C)(C)C(CCO)n1cnc2c(C(=O)O)cccc21. The minimum absolute atomic E-state index is 0.0570. The molecule has 1 aromatic carbocycles. The van der Waals surface area contributed by atoms with Crippen LogP contribution in [0.15, 0.2) is 24.5 Å². The molecule has 0 bridgehead atoms. The van der Waals surface area contributed by atoms with Crippen LogP contribution in [-0.4, -0.2) is 32.3 Å². The van der Waals surface area contributed by atoms with Crippen molar-refractivity contribution in [2.45, 2.75) is 33.2 Å². The van der Waals surface area contributed by atoms with E-state index in [4.69, 9.17) is 0 Å². The number of carbonyl (C=O) groups is 1. The standard InChI is InChI=1S/C15H20N2O3/c1-15(2,3)12(7-8-18)17-9-16-13-10(14(19)20)5-4-6-11(13)17/h4-6,9,12,18H,7-8H2,1-3H3,(H,19,20). The molecule has 1 unspecified atom stereocenters. The second kappa shape index (κ2) is 5.25. The van der Waals surface area contributed by atoms with Gasteiger partial charge in [0.05, 0.1) is 17.4 Å². The Kier molecular flexibility index (Phi) is 3.81. The normalized spacial score (nSPS) is 13.6. The molecule has 20 heavy (non-hydrogen) atoms. The van der Waals surface area contributed by atoms with Crippen molar-refractivity contribution < 1.29 is 15.0 Å². The van der Waals surface area contributed by atoms with Crippen molar-refractivity contribution in [3.05, 3.63) is 30.1 Å². The quantitative estimate of drug-likeness (QED) is 0.900. The number of carboxylic acid groups (broad SMARTS) is 1. The number of hydrogen-bond acceptors (Lipinski definition) is 3. The summed E-state index contributed by atoms with van der Waals surface area (Å²) in [7, 11) is 0. The number of hydrogen-bond donors (Lipinski definition) is 2. The number of carboxylic acids is 1. The molecule has 5 heteroatoms. The molecule has 5 nitrogen and oxygen atoms in total. The highest BCUT2D eigenvalue weighted by atomic mass is 16.4. The first-order valence-corrected chi connectivity index (χ1v) is 6.66. The average molecular weight is 276 g/mol. The van der Waals surface area contributed by atoms with Gasteiger partial charge in [0.1, 0.15) is 5.52 Å². The Bertz CT molecular complexity index is 626. The maximum atomic E-state index is 11.2. The highest BCUT2D eigenvalue weighted by Crippen LogP contribution is 2.35. The minimum Gasteiger partial charge on any atom is -0.478 e. The van der Waals surface area contributed by atoms with Gasteiger partial charge in [-0.05, 0) is 24.0 Å². The molecule has 0 saturated carbocycles. The van der Waals surface area contributed by atoms with Crippen LogP contribution in [0.3, 0.4) is 0 Å².